The van der Waals surface area contributed by atoms with Crippen molar-refractivity contribution >= 4 is 10.0 Å². The number of nitrogens with zero attached hydrogens (tertiary/aromatic N) is 3. The van der Waals surface area contributed by atoms with Crippen molar-refractivity contribution in [1.29, 1.82) is 0 Å². The first-order valence-electron chi connectivity index (χ1n) is 8.99. The van der Waals surface area contributed by atoms with Crippen LogP contribution in [-0.2, 0) is 16.6 Å². The minimum Gasteiger partial charge on any atom is -0.493 e. The van der Waals surface area contributed by atoms with Gasteiger partial charge in [-0.2, -0.15) is 13.1 Å². The molecule has 1 saturated heterocycles. The monoisotopic (exact) mass is 431 g/mol. The third-order valence-electron chi connectivity index (χ3n) is 4.75. The molecule has 2 aromatic rings. The fourth-order valence-corrected chi connectivity index (χ4v) is 5.08. The van der Waals surface area contributed by atoms with E-state index >= 15 is 0 Å². The van der Waals surface area contributed by atoms with Crippen LogP contribution in [0.4, 0.5) is 8.78 Å². The Balaban J connectivity index is 1.64. The van der Waals surface area contributed by atoms with E-state index in [1.165, 1.54) is 17.5 Å². The van der Waals surface area contributed by atoms with Gasteiger partial charge in [-0.3, -0.25) is 4.90 Å². The van der Waals surface area contributed by atoms with E-state index < -0.39 is 16.6 Å². The summed E-state index contributed by atoms with van der Waals surface area (Å²) in [5.41, 5.74) is 1.20. The first-order valence-corrected chi connectivity index (χ1v) is 10.4. The predicted octanol–water partition coefficient (Wildman–Crippen LogP) is 2.41. The van der Waals surface area contributed by atoms with Crippen LogP contribution in [0.3, 0.4) is 0 Å². The van der Waals surface area contributed by atoms with Gasteiger partial charge in [0.1, 0.15) is 10.6 Å². The number of rotatable bonds is 7. The number of hydrogen-bond acceptors (Lipinski definition) is 7. The molecule has 160 valence electrons. The lowest BCUT2D eigenvalue weighted by atomic mass is 10.1. The summed E-state index contributed by atoms with van der Waals surface area (Å²) < 4.78 is 66.6. The molecule has 11 heteroatoms. The molecule has 0 amide bonds. The molecule has 0 spiro atoms. The lowest BCUT2D eigenvalue weighted by Crippen LogP contribution is -2.48. The molecular weight excluding hydrogens is 408 g/mol. The number of halogens is 2. The molecule has 0 atom stereocenters. The maximum Gasteiger partial charge on any atom is 0.387 e. The highest BCUT2D eigenvalue weighted by atomic mass is 32.2. The molecule has 0 radical (unpaired) electrons. The lowest BCUT2D eigenvalue weighted by Gasteiger charge is -2.34. The van der Waals surface area contributed by atoms with E-state index in [-0.39, 0.29) is 22.2 Å². The van der Waals surface area contributed by atoms with Crippen LogP contribution >= 0.6 is 0 Å². The summed E-state index contributed by atoms with van der Waals surface area (Å²) in [6.07, 6.45) is 0. The minimum absolute atomic E-state index is 0.0263. The summed E-state index contributed by atoms with van der Waals surface area (Å²) in [7, 11) is -2.28. The van der Waals surface area contributed by atoms with Crippen LogP contribution in [0.25, 0.3) is 0 Å². The second-order valence-corrected chi connectivity index (χ2v) is 8.57. The number of ether oxygens (including phenoxy) is 2. The average Bonchev–Trinajstić information content (AvgIpc) is 3.02. The predicted molar refractivity (Wildman–Crippen MR) is 99.6 cm³/mol. The molecule has 0 aliphatic carbocycles. The lowest BCUT2D eigenvalue weighted by molar-refractivity contribution is -0.0512. The van der Waals surface area contributed by atoms with Crippen LogP contribution < -0.4 is 9.47 Å². The zero-order valence-corrected chi connectivity index (χ0v) is 17.2. The van der Waals surface area contributed by atoms with Crippen molar-refractivity contribution < 1.29 is 31.2 Å². The van der Waals surface area contributed by atoms with Crippen LogP contribution in [0.1, 0.15) is 17.0 Å². The molecule has 8 nitrogen and oxygen atoms in total. The van der Waals surface area contributed by atoms with Gasteiger partial charge in [0.2, 0.25) is 10.0 Å². The van der Waals surface area contributed by atoms with E-state index in [2.05, 4.69) is 14.8 Å². The number of aryl methyl sites for hydroxylation is 2. The zero-order valence-electron chi connectivity index (χ0n) is 16.4. The number of sulfonamides is 1. The Labute approximate surface area is 168 Å². The molecule has 0 N–H and O–H groups in total. The van der Waals surface area contributed by atoms with Crippen LogP contribution in [0.2, 0.25) is 0 Å². The van der Waals surface area contributed by atoms with E-state index in [4.69, 9.17) is 9.26 Å². The summed E-state index contributed by atoms with van der Waals surface area (Å²) in [5.74, 6) is 0.479. The molecule has 1 aromatic heterocycles. The summed E-state index contributed by atoms with van der Waals surface area (Å²) in [4.78, 5) is 2.22. The van der Waals surface area contributed by atoms with Crippen LogP contribution in [0, 0.1) is 13.8 Å². The minimum atomic E-state index is -3.66. The van der Waals surface area contributed by atoms with Crippen molar-refractivity contribution in [3.63, 3.8) is 0 Å². The second kappa shape index (κ2) is 8.64. The molecule has 1 aromatic carbocycles. The number of benzene rings is 1. The number of piperazine rings is 1. The fraction of sp³-hybridized carbons (Fsp3) is 0.500. The summed E-state index contributed by atoms with van der Waals surface area (Å²) in [5, 5.41) is 3.73. The Hall–Kier alpha value is -2.24. The Morgan fingerprint density at radius 3 is 2.41 bits per heavy atom. The van der Waals surface area contributed by atoms with Crippen molar-refractivity contribution in [2.45, 2.75) is 31.9 Å². The van der Waals surface area contributed by atoms with Gasteiger partial charge in [-0.15, -0.1) is 0 Å². The van der Waals surface area contributed by atoms with Gasteiger partial charge in [-0.05, 0) is 31.5 Å². The SMILES string of the molecule is COc1cc(CN2CCN(S(=O)(=O)c3c(C)noc3C)CC2)ccc1OC(F)F. The van der Waals surface area contributed by atoms with Gasteiger partial charge >= 0.3 is 6.61 Å². The molecule has 1 fully saturated rings. The standard InChI is InChI=1S/C18H23F2N3O5S/c1-12-17(13(2)28-21-12)29(24,25)23-8-6-22(7-9-23)11-14-4-5-15(27-18(19)20)16(10-14)26-3/h4-5,10,18H,6-9,11H2,1-3H3. The highest BCUT2D eigenvalue weighted by molar-refractivity contribution is 7.89. The highest BCUT2D eigenvalue weighted by Crippen LogP contribution is 2.30. The van der Waals surface area contributed by atoms with E-state index in [0.29, 0.717) is 38.4 Å². The number of aromatic nitrogens is 1. The van der Waals surface area contributed by atoms with Gasteiger partial charge in [0.25, 0.3) is 0 Å². The normalized spacial score (nSPS) is 16.3. The third-order valence-corrected chi connectivity index (χ3v) is 6.89. The quantitative estimate of drug-likeness (QED) is 0.666. The van der Waals surface area contributed by atoms with Gasteiger partial charge in [0.05, 0.1) is 7.11 Å². The van der Waals surface area contributed by atoms with Crippen molar-refractivity contribution in [1.82, 2.24) is 14.4 Å². The molecule has 1 aliphatic rings. The summed E-state index contributed by atoms with van der Waals surface area (Å²) >= 11 is 0. The summed E-state index contributed by atoms with van der Waals surface area (Å²) in [6, 6.07) is 4.77. The molecule has 2 heterocycles. The zero-order chi connectivity index (χ0) is 21.2. The maximum atomic E-state index is 12.9. The Bertz CT molecular complexity index is 937. The van der Waals surface area contributed by atoms with Crippen LogP contribution in [0.5, 0.6) is 11.5 Å². The molecule has 0 unspecified atom stereocenters. The van der Waals surface area contributed by atoms with Crippen molar-refractivity contribution in [2.75, 3.05) is 33.3 Å². The average molecular weight is 431 g/mol. The van der Waals surface area contributed by atoms with Gasteiger partial charge in [-0.25, -0.2) is 8.42 Å². The smallest absolute Gasteiger partial charge is 0.387 e. The van der Waals surface area contributed by atoms with Gasteiger partial charge in [-0.1, -0.05) is 11.2 Å². The van der Waals surface area contributed by atoms with E-state index in [1.807, 2.05) is 0 Å². The molecule has 3 rings (SSSR count). The van der Waals surface area contributed by atoms with E-state index in [9.17, 15) is 17.2 Å². The third kappa shape index (κ3) is 4.68. The fourth-order valence-electron chi connectivity index (χ4n) is 3.36. The largest absolute Gasteiger partial charge is 0.493 e. The van der Waals surface area contributed by atoms with Crippen molar-refractivity contribution in [3.8, 4) is 11.5 Å². The van der Waals surface area contributed by atoms with E-state index in [1.54, 1.807) is 26.0 Å². The Kier molecular flexibility index (Phi) is 6.39. The summed E-state index contributed by atoms with van der Waals surface area (Å²) in [6.45, 7) is 2.51. The topological polar surface area (TPSA) is 85.1 Å². The molecule has 1 aliphatic heterocycles. The van der Waals surface area contributed by atoms with Crippen LogP contribution in [-0.4, -0.2) is 62.7 Å². The number of hydrogen-bond donors (Lipinski definition) is 0. The first-order chi connectivity index (χ1) is 13.7. The highest BCUT2D eigenvalue weighted by Gasteiger charge is 2.33. The van der Waals surface area contributed by atoms with Gasteiger partial charge in [0.15, 0.2) is 17.3 Å². The molecule has 0 saturated carbocycles. The second-order valence-electron chi connectivity index (χ2n) is 6.70. The van der Waals surface area contributed by atoms with Gasteiger partial charge < -0.3 is 14.0 Å². The first kappa shape index (κ1) is 21.5. The van der Waals surface area contributed by atoms with E-state index in [0.717, 1.165) is 5.56 Å². The Morgan fingerprint density at radius 1 is 1.17 bits per heavy atom. The molecular formula is C18H23F2N3O5S. The van der Waals surface area contributed by atoms with Crippen molar-refractivity contribution in [3.05, 3.63) is 35.2 Å². The molecule has 29 heavy (non-hydrogen) atoms. The maximum absolute atomic E-state index is 12.9. The Morgan fingerprint density at radius 2 is 1.86 bits per heavy atom. The van der Waals surface area contributed by atoms with Crippen LogP contribution in [0.15, 0.2) is 27.6 Å². The number of alkyl halides is 2. The molecule has 0 bridgehead atoms. The number of methoxy groups -OCH3 is 1. The van der Waals surface area contributed by atoms with Crippen molar-refractivity contribution in [2.24, 2.45) is 0 Å². The van der Waals surface area contributed by atoms with Gasteiger partial charge in [0, 0.05) is 32.7 Å².